The van der Waals surface area contributed by atoms with Crippen LogP contribution < -0.4 is 4.31 Å². The minimum atomic E-state index is -3.62. The second-order valence-corrected chi connectivity index (χ2v) is 10.2. The Bertz CT molecular complexity index is 1000. The van der Waals surface area contributed by atoms with Crippen molar-refractivity contribution in [2.75, 3.05) is 36.7 Å². The number of anilines is 1. The fraction of sp³-hybridized carbons (Fsp3) is 0.458. The molecule has 0 radical (unpaired) electrons. The van der Waals surface area contributed by atoms with Gasteiger partial charge in [-0.3, -0.25) is 14.0 Å². The summed E-state index contributed by atoms with van der Waals surface area (Å²) < 4.78 is 26.7. The molecule has 1 atom stereocenters. The molecule has 2 aromatic rings. The highest BCUT2D eigenvalue weighted by Crippen LogP contribution is 2.26. The Hall–Kier alpha value is -2.38. The molecule has 0 aliphatic carbocycles. The van der Waals surface area contributed by atoms with E-state index >= 15 is 0 Å². The topological polar surface area (TPSA) is 60.9 Å². The largest absolute Gasteiger partial charge is 0.338 e. The van der Waals surface area contributed by atoms with Crippen LogP contribution >= 0.6 is 0 Å². The Morgan fingerprint density at radius 3 is 2.19 bits per heavy atom. The molecule has 2 aromatic carbocycles. The van der Waals surface area contributed by atoms with E-state index in [0.717, 1.165) is 30.8 Å². The normalized spacial score (nSPS) is 16.2. The van der Waals surface area contributed by atoms with Gasteiger partial charge in [0.1, 0.15) is 6.04 Å². The van der Waals surface area contributed by atoms with Crippen molar-refractivity contribution in [3.63, 3.8) is 0 Å². The van der Waals surface area contributed by atoms with Gasteiger partial charge in [0.05, 0.1) is 11.9 Å². The van der Waals surface area contributed by atoms with Gasteiger partial charge in [-0.25, -0.2) is 8.42 Å². The summed E-state index contributed by atoms with van der Waals surface area (Å²) in [5, 5.41) is 0. The molecule has 1 heterocycles. The Balaban J connectivity index is 1.74. The van der Waals surface area contributed by atoms with E-state index in [9.17, 15) is 13.2 Å². The number of benzene rings is 2. The molecule has 0 saturated carbocycles. The standard InChI is InChI=1S/C24H33N3O3S/c1-5-23(27(31(4,29)30)22-12-11-19(2)20(3)17-22)24(28)26-15-13-25(14-16-26)18-21-9-7-6-8-10-21/h6-12,17,23H,5,13-16,18H2,1-4H3/t23-/m0/s1. The molecular weight excluding hydrogens is 410 g/mol. The van der Waals surface area contributed by atoms with Crippen LogP contribution in [0.2, 0.25) is 0 Å². The number of piperazine rings is 1. The summed E-state index contributed by atoms with van der Waals surface area (Å²) in [6.07, 6.45) is 1.60. The van der Waals surface area contributed by atoms with Crippen LogP contribution in [0.1, 0.15) is 30.0 Å². The minimum Gasteiger partial charge on any atom is -0.338 e. The zero-order valence-corrected chi connectivity index (χ0v) is 19.7. The zero-order valence-electron chi connectivity index (χ0n) is 18.9. The molecule has 1 aliphatic rings. The van der Waals surface area contributed by atoms with E-state index in [1.54, 1.807) is 6.07 Å². The lowest BCUT2D eigenvalue weighted by molar-refractivity contribution is -0.134. The van der Waals surface area contributed by atoms with Gasteiger partial charge in [-0.05, 0) is 49.1 Å². The number of hydrogen-bond donors (Lipinski definition) is 0. The van der Waals surface area contributed by atoms with Crippen LogP contribution in [0.3, 0.4) is 0 Å². The van der Waals surface area contributed by atoms with Crippen molar-refractivity contribution in [3.8, 4) is 0 Å². The Kier molecular flexibility index (Phi) is 7.38. The predicted molar refractivity (Wildman–Crippen MR) is 126 cm³/mol. The van der Waals surface area contributed by atoms with E-state index < -0.39 is 16.1 Å². The van der Waals surface area contributed by atoms with Crippen molar-refractivity contribution in [1.82, 2.24) is 9.80 Å². The van der Waals surface area contributed by atoms with Crippen LogP contribution in [0.5, 0.6) is 0 Å². The number of rotatable bonds is 7. The number of carbonyl (C=O) groups is 1. The number of hydrogen-bond acceptors (Lipinski definition) is 4. The van der Waals surface area contributed by atoms with Crippen molar-refractivity contribution >= 4 is 21.6 Å². The van der Waals surface area contributed by atoms with Crippen LogP contribution in [0, 0.1) is 13.8 Å². The number of sulfonamides is 1. The van der Waals surface area contributed by atoms with Crippen LogP contribution in [-0.4, -0.2) is 62.6 Å². The first-order chi connectivity index (χ1) is 14.7. The lowest BCUT2D eigenvalue weighted by Crippen LogP contribution is -2.55. The summed E-state index contributed by atoms with van der Waals surface area (Å²) in [5.74, 6) is -0.120. The average molecular weight is 444 g/mol. The van der Waals surface area contributed by atoms with Gasteiger partial charge in [0.2, 0.25) is 15.9 Å². The van der Waals surface area contributed by atoms with Gasteiger partial charge in [-0.2, -0.15) is 0 Å². The van der Waals surface area contributed by atoms with Crippen molar-refractivity contribution < 1.29 is 13.2 Å². The fourth-order valence-electron chi connectivity index (χ4n) is 4.08. The van der Waals surface area contributed by atoms with E-state index in [0.29, 0.717) is 25.2 Å². The molecule has 1 saturated heterocycles. The highest BCUT2D eigenvalue weighted by molar-refractivity contribution is 7.92. The van der Waals surface area contributed by atoms with E-state index in [1.807, 2.05) is 56.0 Å². The summed E-state index contributed by atoms with van der Waals surface area (Å²) in [5.41, 5.74) is 3.90. The smallest absolute Gasteiger partial charge is 0.246 e. The van der Waals surface area contributed by atoms with Crippen molar-refractivity contribution in [2.24, 2.45) is 0 Å². The zero-order chi connectivity index (χ0) is 22.6. The number of carbonyl (C=O) groups excluding carboxylic acids is 1. The Labute approximate surface area is 186 Å². The third kappa shape index (κ3) is 5.66. The molecular formula is C24H33N3O3S. The molecule has 1 amide bonds. The number of amides is 1. The van der Waals surface area contributed by atoms with E-state index in [2.05, 4.69) is 17.0 Å². The van der Waals surface area contributed by atoms with Crippen LogP contribution in [0.25, 0.3) is 0 Å². The molecule has 6 nitrogen and oxygen atoms in total. The summed E-state index contributed by atoms with van der Waals surface area (Å²) in [4.78, 5) is 17.6. The van der Waals surface area contributed by atoms with Crippen LogP contribution in [0.15, 0.2) is 48.5 Å². The maximum Gasteiger partial charge on any atom is 0.246 e. The van der Waals surface area contributed by atoms with Gasteiger partial charge in [-0.1, -0.05) is 43.3 Å². The first-order valence-electron chi connectivity index (χ1n) is 10.8. The predicted octanol–water partition coefficient (Wildman–Crippen LogP) is 3.19. The molecule has 0 aromatic heterocycles. The first-order valence-corrected chi connectivity index (χ1v) is 12.7. The molecule has 31 heavy (non-hydrogen) atoms. The van der Waals surface area contributed by atoms with E-state index in [4.69, 9.17) is 0 Å². The van der Waals surface area contributed by atoms with Crippen molar-refractivity contribution in [1.29, 1.82) is 0 Å². The summed E-state index contributed by atoms with van der Waals surface area (Å²) in [6, 6.07) is 15.1. The highest BCUT2D eigenvalue weighted by atomic mass is 32.2. The Morgan fingerprint density at radius 1 is 1.00 bits per heavy atom. The third-order valence-corrected chi connectivity index (χ3v) is 7.17. The van der Waals surface area contributed by atoms with Gasteiger partial charge in [0, 0.05) is 32.7 Å². The minimum absolute atomic E-state index is 0.120. The molecule has 0 bridgehead atoms. The molecule has 168 valence electrons. The molecule has 3 rings (SSSR count). The maximum atomic E-state index is 13.4. The number of aryl methyl sites for hydroxylation is 2. The van der Waals surface area contributed by atoms with Crippen molar-refractivity contribution in [3.05, 3.63) is 65.2 Å². The second-order valence-electron chi connectivity index (χ2n) is 8.34. The van der Waals surface area contributed by atoms with Crippen molar-refractivity contribution in [2.45, 2.75) is 39.8 Å². The van der Waals surface area contributed by atoms with E-state index in [-0.39, 0.29) is 5.91 Å². The van der Waals surface area contributed by atoms with Gasteiger partial charge < -0.3 is 4.90 Å². The van der Waals surface area contributed by atoms with Gasteiger partial charge in [0.25, 0.3) is 0 Å². The summed E-state index contributed by atoms with van der Waals surface area (Å²) in [6.45, 7) is 9.43. The highest BCUT2D eigenvalue weighted by Gasteiger charge is 2.35. The average Bonchev–Trinajstić information content (AvgIpc) is 2.74. The Morgan fingerprint density at radius 2 is 1.65 bits per heavy atom. The second kappa shape index (κ2) is 9.83. The number of nitrogens with zero attached hydrogens (tertiary/aromatic N) is 3. The molecule has 0 spiro atoms. The quantitative estimate of drug-likeness (QED) is 0.659. The van der Waals surface area contributed by atoms with Crippen LogP contribution in [0.4, 0.5) is 5.69 Å². The first kappa shape index (κ1) is 23.3. The molecule has 0 N–H and O–H groups in total. The van der Waals surface area contributed by atoms with Gasteiger partial charge >= 0.3 is 0 Å². The van der Waals surface area contributed by atoms with Crippen LogP contribution in [-0.2, 0) is 21.4 Å². The monoisotopic (exact) mass is 443 g/mol. The van der Waals surface area contributed by atoms with Gasteiger partial charge in [-0.15, -0.1) is 0 Å². The van der Waals surface area contributed by atoms with Gasteiger partial charge in [0.15, 0.2) is 0 Å². The third-order valence-electron chi connectivity index (χ3n) is 5.99. The SMILES string of the molecule is CC[C@@H](C(=O)N1CCN(Cc2ccccc2)CC1)N(c1ccc(C)c(C)c1)S(C)(=O)=O. The lowest BCUT2D eigenvalue weighted by Gasteiger charge is -2.39. The summed E-state index contributed by atoms with van der Waals surface area (Å²) in [7, 11) is -3.62. The molecule has 0 unspecified atom stereocenters. The summed E-state index contributed by atoms with van der Waals surface area (Å²) >= 11 is 0. The molecule has 1 aliphatic heterocycles. The molecule has 7 heteroatoms. The maximum absolute atomic E-state index is 13.4. The molecule has 1 fully saturated rings. The fourth-order valence-corrected chi connectivity index (χ4v) is 5.28. The lowest BCUT2D eigenvalue weighted by atomic mass is 10.1. The van der Waals surface area contributed by atoms with E-state index in [1.165, 1.54) is 16.1 Å².